The second-order valence-electron chi connectivity index (χ2n) is 8.87. The highest BCUT2D eigenvalue weighted by Crippen LogP contribution is 2.22. The molecule has 0 aliphatic carbocycles. The molecule has 182 valence electrons. The van der Waals surface area contributed by atoms with Crippen LogP contribution in [-0.4, -0.2) is 59.3 Å². The number of hydrogen-bond acceptors (Lipinski definition) is 3. The molecule has 0 saturated heterocycles. The van der Waals surface area contributed by atoms with Crippen LogP contribution in [0.2, 0.25) is 6.04 Å². The Balaban J connectivity index is 4.76. The highest BCUT2D eigenvalue weighted by Gasteiger charge is 2.43. The summed E-state index contributed by atoms with van der Waals surface area (Å²) in [5.41, 5.74) is 0. The predicted octanol–water partition coefficient (Wildman–Crippen LogP) is 7.20. The Bertz CT molecular complexity index is 343. The maximum Gasteiger partial charge on any atom is 0.506 e. The van der Waals surface area contributed by atoms with Crippen molar-refractivity contribution < 1.29 is 17.8 Å². The average molecular weight is 447 g/mol. The molecule has 30 heavy (non-hydrogen) atoms. The summed E-state index contributed by atoms with van der Waals surface area (Å²) < 4.78 is 20.2. The van der Waals surface area contributed by atoms with E-state index in [9.17, 15) is 0 Å². The summed E-state index contributed by atoms with van der Waals surface area (Å²) in [6, 6.07) is 0.950. The molecule has 0 N–H and O–H groups in total. The molecule has 0 bridgehead atoms. The molecule has 0 heterocycles. The van der Waals surface area contributed by atoms with E-state index in [0.29, 0.717) is 0 Å². The van der Waals surface area contributed by atoms with Gasteiger partial charge >= 0.3 is 8.80 Å². The zero-order valence-corrected chi connectivity index (χ0v) is 22.6. The van der Waals surface area contributed by atoms with E-state index in [2.05, 4.69) is 41.5 Å². The molecule has 0 fully saturated rings. The molecule has 0 unspecified atom stereocenters. The Labute approximate surface area is 191 Å². The minimum atomic E-state index is -2.59. The second kappa shape index (κ2) is 19.7. The summed E-state index contributed by atoms with van der Waals surface area (Å²) in [7, 11) is -2.59. The molecule has 0 rings (SSSR count). The van der Waals surface area contributed by atoms with Gasteiger partial charge in [-0.2, -0.15) is 0 Å². The fourth-order valence-corrected chi connectivity index (χ4v) is 7.01. The number of hydrogen-bond donors (Lipinski definition) is 0. The highest BCUT2D eigenvalue weighted by atomic mass is 28.4. The van der Waals surface area contributed by atoms with Crippen LogP contribution in [0.1, 0.15) is 112 Å². The first kappa shape index (κ1) is 30.1. The third kappa shape index (κ3) is 13.5. The number of quaternary nitrogens is 1. The van der Waals surface area contributed by atoms with Crippen molar-refractivity contribution in [3.63, 3.8) is 0 Å². The molecule has 0 radical (unpaired) electrons. The van der Waals surface area contributed by atoms with E-state index in [0.717, 1.165) is 51.7 Å². The van der Waals surface area contributed by atoms with Crippen LogP contribution in [0.3, 0.4) is 0 Å². The van der Waals surface area contributed by atoms with E-state index < -0.39 is 8.80 Å². The van der Waals surface area contributed by atoms with Gasteiger partial charge in [0.1, 0.15) is 0 Å². The smallest absolute Gasteiger partial charge is 0.373 e. The molecule has 4 nitrogen and oxygen atoms in total. The Morgan fingerprint density at radius 1 is 0.500 bits per heavy atom. The van der Waals surface area contributed by atoms with Crippen LogP contribution in [0.25, 0.3) is 0 Å². The summed E-state index contributed by atoms with van der Waals surface area (Å²) in [5, 5.41) is 0. The molecule has 0 aromatic rings. The lowest BCUT2D eigenvalue weighted by atomic mass is 10.1. The van der Waals surface area contributed by atoms with Gasteiger partial charge in [0.05, 0.1) is 32.2 Å². The van der Waals surface area contributed by atoms with Gasteiger partial charge in [-0.25, -0.2) is 0 Å². The molecule has 5 heteroatoms. The summed E-state index contributed by atoms with van der Waals surface area (Å²) in [5.74, 6) is 0. The van der Waals surface area contributed by atoms with Crippen LogP contribution < -0.4 is 0 Å². The van der Waals surface area contributed by atoms with E-state index in [4.69, 9.17) is 13.3 Å². The number of unbranched alkanes of at least 4 members (excludes halogenated alkanes) is 7. The Hall–Kier alpha value is 0.0569. The molecule has 0 spiro atoms. The van der Waals surface area contributed by atoms with Gasteiger partial charge < -0.3 is 17.8 Å². The van der Waals surface area contributed by atoms with Gasteiger partial charge in [-0.3, -0.25) is 0 Å². The van der Waals surface area contributed by atoms with E-state index in [-0.39, 0.29) is 0 Å². The minimum Gasteiger partial charge on any atom is -0.373 e. The first-order valence-corrected chi connectivity index (χ1v) is 15.3. The lowest BCUT2D eigenvalue weighted by Crippen LogP contribution is -2.55. The zero-order valence-electron chi connectivity index (χ0n) is 21.6. The lowest BCUT2D eigenvalue weighted by Gasteiger charge is -2.39. The molecular weight excluding hydrogens is 390 g/mol. The number of rotatable bonds is 23. The van der Waals surface area contributed by atoms with Crippen LogP contribution in [0.15, 0.2) is 0 Å². The zero-order chi connectivity index (χ0) is 22.6. The third-order valence-corrected chi connectivity index (χ3v) is 9.07. The molecule has 0 aliphatic rings. The molecule has 0 atom stereocenters. The van der Waals surface area contributed by atoms with Crippen LogP contribution in [0.4, 0.5) is 0 Å². The first-order chi connectivity index (χ1) is 14.6. The molecule has 0 aromatic heterocycles. The molecule has 0 saturated carbocycles. The summed E-state index contributed by atoms with van der Waals surface area (Å²) in [6.07, 6.45) is 14.1. The minimum absolute atomic E-state index is 0.746. The summed E-state index contributed by atoms with van der Waals surface area (Å²) in [6.45, 7) is 20.5. The van der Waals surface area contributed by atoms with Crippen molar-refractivity contribution in [2.75, 3.05) is 46.0 Å². The quantitative estimate of drug-likeness (QED) is 0.0943. The monoisotopic (exact) mass is 446 g/mol. The fourth-order valence-electron chi connectivity index (χ4n) is 4.04. The van der Waals surface area contributed by atoms with Crippen molar-refractivity contribution in [1.29, 1.82) is 0 Å². The van der Waals surface area contributed by atoms with Crippen LogP contribution in [-0.2, 0) is 13.3 Å². The lowest BCUT2D eigenvalue weighted by molar-refractivity contribution is -0.923. The van der Waals surface area contributed by atoms with Gasteiger partial charge in [0.25, 0.3) is 0 Å². The molecule has 0 aromatic carbocycles. The van der Waals surface area contributed by atoms with Gasteiger partial charge in [0.2, 0.25) is 0 Å². The Kier molecular flexibility index (Phi) is 19.8. The molecule has 0 amide bonds. The SMILES string of the molecule is CCCCCCCCCC[N+](CC)(CC)CC[Si](OCCC)(OCCC)OCCC. The van der Waals surface area contributed by atoms with Gasteiger partial charge in [0, 0.05) is 19.8 Å². The fraction of sp³-hybridized carbons (Fsp3) is 1.00. The summed E-state index contributed by atoms with van der Waals surface area (Å²) in [4.78, 5) is 0. The van der Waals surface area contributed by atoms with Crippen molar-refractivity contribution in [2.45, 2.75) is 118 Å². The van der Waals surface area contributed by atoms with Gasteiger partial charge in [-0.15, -0.1) is 0 Å². The Morgan fingerprint density at radius 3 is 1.33 bits per heavy atom. The van der Waals surface area contributed by atoms with E-state index >= 15 is 0 Å². The van der Waals surface area contributed by atoms with Gasteiger partial charge in [0.15, 0.2) is 0 Å². The number of nitrogens with zero attached hydrogens (tertiary/aromatic N) is 1. The van der Waals surface area contributed by atoms with Crippen LogP contribution >= 0.6 is 0 Å². The maximum atomic E-state index is 6.34. The van der Waals surface area contributed by atoms with Crippen molar-refractivity contribution in [3.05, 3.63) is 0 Å². The van der Waals surface area contributed by atoms with Crippen molar-refractivity contribution in [2.24, 2.45) is 0 Å². The van der Waals surface area contributed by atoms with Crippen LogP contribution in [0, 0.1) is 0 Å². The van der Waals surface area contributed by atoms with Crippen molar-refractivity contribution >= 4 is 8.80 Å². The highest BCUT2D eigenvalue weighted by molar-refractivity contribution is 6.60. The van der Waals surface area contributed by atoms with E-state index in [1.807, 2.05) is 0 Å². The molecule has 0 aliphatic heterocycles. The molecular formula is C25H56NO3Si+. The standard InChI is InChI=1S/C25H56NO3Si/c1-7-13-14-15-16-17-18-19-20-26(11-5,12-6)21-25-30(27-22-8-2,28-23-9-3)29-24-10-4/h7-25H2,1-6H3/q+1. The van der Waals surface area contributed by atoms with E-state index in [1.54, 1.807) is 0 Å². The summed E-state index contributed by atoms with van der Waals surface area (Å²) >= 11 is 0. The van der Waals surface area contributed by atoms with Gasteiger partial charge in [-0.1, -0.05) is 66.2 Å². The normalized spacial score (nSPS) is 12.6. The average Bonchev–Trinajstić information content (AvgIpc) is 2.78. The largest absolute Gasteiger partial charge is 0.506 e. The first-order valence-electron chi connectivity index (χ1n) is 13.3. The van der Waals surface area contributed by atoms with Gasteiger partial charge in [-0.05, 0) is 46.0 Å². The maximum absolute atomic E-state index is 6.34. The van der Waals surface area contributed by atoms with Crippen molar-refractivity contribution in [3.8, 4) is 0 Å². The second-order valence-corrected chi connectivity index (χ2v) is 11.6. The van der Waals surface area contributed by atoms with Crippen molar-refractivity contribution in [1.82, 2.24) is 0 Å². The van der Waals surface area contributed by atoms with E-state index in [1.165, 1.54) is 75.5 Å². The topological polar surface area (TPSA) is 27.7 Å². The van der Waals surface area contributed by atoms with Crippen LogP contribution in [0.5, 0.6) is 0 Å². The third-order valence-electron chi connectivity index (χ3n) is 6.30. The predicted molar refractivity (Wildman–Crippen MR) is 133 cm³/mol. The Morgan fingerprint density at radius 2 is 0.933 bits per heavy atom.